The molecule has 1 aromatic heterocycles. The molecule has 1 aromatic rings. The fraction of sp³-hybridized carbons (Fsp3) is 0.643. The van der Waals surface area contributed by atoms with Crippen molar-refractivity contribution in [2.24, 2.45) is 5.92 Å². The van der Waals surface area contributed by atoms with Gasteiger partial charge in [-0.15, -0.1) is 0 Å². The van der Waals surface area contributed by atoms with E-state index in [1.807, 2.05) is 12.3 Å². The maximum atomic E-state index is 5.68. The molecular weight excluding hydrogens is 212 g/mol. The molecule has 0 saturated heterocycles. The molecule has 1 unspecified atom stereocenters. The lowest BCUT2D eigenvalue weighted by atomic mass is 10.1. The van der Waals surface area contributed by atoms with Crippen LogP contribution in [0, 0.1) is 5.92 Å². The van der Waals surface area contributed by atoms with Gasteiger partial charge in [0.05, 0.1) is 18.5 Å². The maximum Gasteiger partial charge on any atom is 0.137 e. The second kappa shape index (κ2) is 6.01. The van der Waals surface area contributed by atoms with Crippen molar-refractivity contribution in [3.05, 3.63) is 24.0 Å². The lowest BCUT2D eigenvalue weighted by Crippen LogP contribution is -2.20. The van der Waals surface area contributed by atoms with Gasteiger partial charge in [-0.1, -0.05) is 13.8 Å². The van der Waals surface area contributed by atoms with Crippen LogP contribution in [0.2, 0.25) is 0 Å². The molecule has 3 heteroatoms. The smallest absolute Gasteiger partial charge is 0.137 e. The van der Waals surface area contributed by atoms with Gasteiger partial charge in [0.25, 0.3) is 0 Å². The minimum absolute atomic E-state index is 0.359. The van der Waals surface area contributed by atoms with Gasteiger partial charge >= 0.3 is 0 Å². The minimum Gasteiger partial charge on any atom is -0.492 e. The highest BCUT2D eigenvalue weighted by Crippen LogP contribution is 2.29. The number of nitrogens with zero attached hydrogens (tertiary/aromatic N) is 1. The summed E-state index contributed by atoms with van der Waals surface area (Å²) in [6, 6.07) is 4.46. The van der Waals surface area contributed by atoms with Crippen LogP contribution in [-0.4, -0.2) is 18.1 Å². The third-order valence-electron chi connectivity index (χ3n) is 3.16. The average Bonchev–Trinajstić information content (AvgIpc) is 3.18. The summed E-state index contributed by atoms with van der Waals surface area (Å²) >= 11 is 0. The van der Waals surface area contributed by atoms with E-state index >= 15 is 0 Å². The molecular formula is C14H22N2O. The zero-order chi connectivity index (χ0) is 12.1. The highest BCUT2D eigenvalue weighted by Gasteiger charge is 2.21. The van der Waals surface area contributed by atoms with Crippen LogP contribution in [0.1, 0.15) is 44.8 Å². The van der Waals surface area contributed by atoms with Gasteiger partial charge < -0.3 is 10.1 Å². The Hall–Kier alpha value is -1.09. The van der Waals surface area contributed by atoms with Crippen molar-refractivity contribution in [3.63, 3.8) is 0 Å². The maximum absolute atomic E-state index is 5.68. The highest BCUT2D eigenvalue weighted by molar-refractivity contribution is 5.21. The molecule has 17 heavy (non-hydrogen) atoms. The second-order valence-corrected chi connectivity index (χ2v) is 4.69. The van der Waals surface area contributed by atoms with Gasteiger partial charge in [-0.25, -0.2) is 0 Å². The minimum atomic E-state index is 0.359. The SMILES string of the molecule is CCNC(CC)c1ccc(OCC2CC2)cn1. The van der Waals surface area contributed by atoms with E-state index in [9.17, 15) is 0 Å². The molecule has 1 atom stereocenters. The number of hydrogen-bond acceptors (Lipinski definition) is 3. The van der Waals surface area contributed by atoms with Crippen molar-refractivity contribution in [1.82, 2.24) is 10.3 Å². The van der Waals surface area contributed by atoms with Gasteiger partial charge in [-0.2, -0.15) is 0 Å². The van der Waals surface area contributed by atoms with Crippen molar-refractivity contribution in [2.75, 3.05) is 13.2 Å². The molecule has 1 aliphatic rings. The zero-order valence-electron chi connectivity index (χ0n) is 10.8. The predicted molar refractivity (Wildman–Crippen MR) is 69.2 cm³/mol. The summed E-state index contributed by atoms with van der Waals surface area (Å²) < 4.78 is 5.68. The summed E-state index contributed by atoms with van der Waals surface area (Å²) in [4.78, 5) is 4.48. The van der Waals surface area contributed by atoms with Gasteiger partial charge in [0.2, 0.25) is 0 Å². The van der Waals surface area contributed by atoms with Crippen molar-refractivity contribution in [1.29, 1.82) is 0 Å². The number of rotatable bonds is 7. The van der Waals surface area contributed by atoms with Crippen LogP contribution in [0.3, 0.4) is 0 Å². The molecule has 0 spiro atoms. The Balaban J connectivity index is 1.90. The van der Waals surface area contributed by atoms with Crippen LogP contribution in [0.15, 0.2) is 18.3 Å². The van der Waals surface area contributed by atoms with Crippen LogP contribution >= 0.6 is 0 Å². The summed E-state index contributed by atoms with van der Waals surface area (Å²) in [6.07, 6.45) is 5.55. The monoisotopic (exact) mass is 234 g/mol. The fourth-order valence-electron chi connectivity index (χ4n) is 1.89. The van der Waals surface area contributed by atoms with E-state index in [0.717, 1.165) is 36.9 Å². The van der Waals surface area contributed by atoms with E-state index in [4.69, 9.17) is 4.74 Å². The quantitative estimate of drug-likeness (QED) is 0.787. The van der Waals surface area contributed by atoms with Crippen molar-refractivity contribution in [2.45, 2.75) is 39.2 Å². The Morgan fingerprint density at radius 2 is 2.24 bits per heavy atom. The first-order chi connectivity index (χ1) is 8.33. The molecule has 1 N–H and O–H groups in total. The molecule has 1 fully saturated rings. The number of aromatic nitrogens is 1. The molecule has 0 aromatic carbocycles. The summed E-state index contributed by atoms with van der Waals surface area (Å²) in [6.45, 7) is 6.12. The average molecular weight is 234 g/mol. The predicted octanol–water partition coefficient (Wildman–Crippen LogP) is 2.93. The largest absolute Gasteiger partial charge is 0.492 e. The van der Waals surface area contributed by atoms with E-state index in [1.165, 1.54) is 12.8 Å². The first kappa shape index (κ1) is 12.4. The van der Waals surface area contributed by atoms with Gasteiger partial charge in [0.1, 0.15) is 5.75 Å². The van der Waals surface area contributed by atoms with Crippen molar-refractivity contribution in [3.8, 4) is 5.75 Å². The van der Waals surface area contributed by atoms with Crippen LogP contribution < -0.4 is 10.1 Å². The number of ether oxygens (including phenoxy) is 1. The normalized spacial score (nSPS) is 16.8. The summed E-state index contributed by atoms with van der Waals surface area (Å²) in [5.41, 5.74) is 1.10. The highest BCUT2D eigenvalue weighted by atomic mass is 16.5. The van der Waals surface area contributed by atoms with E-state index in [0.29, 0.717) is 6.04 Å². The standard InChI is InChI=1S/C14H22N2O/c1-3-13(15-4-2)14-8-7-12(9-16-14)17-10-11-5-6-11/h7-9,11,13,15H,3-6,10H2,1-2H3. The van der Waals surface area contributed by atoms with Crippen LogP contribution in [0.25, 0.3) is 0 Å². The van der Waals surface area contributed by atoms with E-state index < -0.39 is 0 Å². The van der Waals surface area contributed by atoms with E-state index in [2.05, 4.69) is 30.2 Å². The molecule has 0 amide bonds. The molecule has 1 saturated carbocycles. The van der Waals surface area contributed by atoms with Crippen LogP contribution in [0.4, 0.5) is 0 Å². The summed E-state index contributed by atoms with van der Waals surface area (Å²) in [5.74, 6) is 1.69. The van der Waals surface area contributed by atoms with Gasteiger partial charge in [0.15, 0.2) is 0 Å². The molecule has 94 valence electrons. The van der Waals surface area contributed by atoms with Gasteiger partial charge in [-0.3, -0.25) is 4.98 Å². The second-order valence-electron chi connectivity index (χ2n) is 4.69. The number of hydrogen-bond donors (Lipinski definition) is 1. The van der Waals surface area contributed by atoms with Gasteiger partial charge in [-0.05, 0) is 43.9 Å². The Bertz CT molecular complexity index is 333. The summed E-state index contributed by atoms with van der Waals surface area (Å²) in [5, 5.41) is 3.42. The Morgan fingerprint density at radius 3 is 2.76 bits per heavy atom. The van der Waals surface area contributed by atoms with Gasteiger partial charge in [0, 0.05) is 6.04 Å². The molecule has 0 bridgehead atoms. The van der Waals surface area contributed by atoms with E-state index in [1.54, 1.807) is 0 Å². The fourth-order valence-corrected chi connectivity index (χ4v) is 1.89. The molecule has 1 aliphatic carbocycles. The zero-order valence-corrected chi connectivity index (χ0v) is 10.8. The Kier molecular flexibility index (Phi) is 4.37. The number of nitrogens with one attached hydrogen (secondary N) is 1. The lowest BCUT2D eigenvalue weighted by molar-refractivity contribution is 0.298. The molecule has 1 heterocycles. The van der Waals surface area contributed by atoms with E-state index in [-0.39, 0.29) is 0 Å². The molecule has 3 nitrogen and oxygen atoms in total. The van der Waals surface area contributed by atoms with Crippen LogP contribution in [-0.2, 0) is 0 Å². The lowest BCUT2D eigenvalue weighted by Gasteiger charge is -2.15. The summed E-state index contributed by atoms with van der Waals surface area (Å²) in [7, 11) is 0. The first-order valence-corrected chi connectivity index (χ1v) is 6.65. The third-order valence-corrected chi connectivity index (χ3v) is 3.16. The van der Waals surface area contributed by atoms with Crippen LogP contribution in [0.5, 0.6) is 5.75 Å². The first-order valence-electron chi connectivity index (χ1n) is 6.65. The molecule has 2 rings (SSSR count). The number of pyridine rings is 1. The topological polar surface area (TPSA) is 34.1 Å². The third kappa shape index (κ3) is 3.70. The molecule has 0 aliphatic heterocycles. The molecule has 0 radical (unpaired) electrons. The van der Waals surface area contributed by atoms with Crippen molar-refractivity contribution < 1.29 is 4.74 Å². The van der Waals surface area contributed by atoms with Crippen molar-refractivity contribution >= 4 is 0 Å². The Morgan fingerprint density at radius 1 is 1.41 bits per heavy atom. The Labute approximate surface area is 104 Å².